The van der Waals surface area contributed by atoms with E-state index in [2.05, 4.69) is 6.58 Å². The Bertz CT molecular complexity index is 345. The quantitative estimate of drug-likeness (QED) is 0.537. The summed E-state index contributed by atoms with van der Waals surface area (Å²) < 4.78 is 4.80. The maximum absolute atomic E-state index is 11.3. The van der Waals surface area contributed by atoms with Gasteiger partial charge in [-0.3, -0.25) is 0 Å². The first kappa shape index (κ1) is 9.81. The van der Waals surface area contributed by atoms with Gasteiger partial charge in [-0.2, -0.15) is 0 Å². The third kappa shape index (κ3) is 2.60. The summed E-state index contributed by atoms with van der Waals surface area (Å²) in [5, 5.41) is 0.383. The van der Waals surface area contributed by atoms with Crippen molar-refractivity contribution >= 4 is 17.6 Å². The predicted octanol–water partition coefficient (Wildman–Crippen LogP) is 3.03. The topological polar surface area (TPSA) is 26.3 Å². The lowest BCUT2D eigenvalue weighted by Gasteiger charge is -2.03. The smallest absolute Gasteiger partial charge is 0.344 e. The molecule has 2 nitrogen and oxygen atoms in total. The molecular formula is C10H9ClO2. The van der Waals surface area contributed by atoms with Crippen LogP contribution in [0.4, 0.5) is 0 Å². The Hall–Kier alpha value is -1.28. The SMILES string of the molecule is C=C(C)OC(=O)c1ccccc1Cl. The number of rotatable bonds is 2. The highest BCUT2D eigenvalue weighted by atomic mass is 35.5. The van der Waals surface area contributed by atoms with E-state index in [0.717, 1.165) is 0 Å². The molecular weight excluding hydrogens is 188 g/mol. The van der Waals surface area contributed by atoms with E-state index in [1.165, 1.54) is 0 Å². The molecule has 0 saturated heterocycles. The van der Waals surface area contributed by atoms with Crippen molar-refractivity contribution in [3.8, 4) is 0 Å². The molecule has 0 radical (unpaired) electrons. The molecule has 3 heteroatoms. The minimum absolute atomic E-state index is 0.352. The lowest BCUT2D eigenvalue weighted by molar-refractivity contribution is 0.0628. The van der Waals surface area contributed by atoms with Gasteiger partial charge in [0.1, 0.15) is 0 Å². The molecule has 0 aliphatic heterocycles. The fourth-order valence-corrected chi connectivity index (χ4v) is 1.05. The zero-order valence-electron chi connectivity index (χ0n) is 7.21. The molecule has 0 aromatic heterocycles. The Morgan fingerprint density at radius 2 is 2.08 bits per heavy atom. The summed E-state index contributed by atoms with van der Waals surface area (Å²) >= 11 is 5.77. The minimum atomic E-state index is -0.474. The number of hydrogen-bond donors (Lipinski definition) is 0. The van der Waals surface area contributed by atoms with E-state index >= 15 is 0 Å². The molecule has 0 spiro atoms. The van der Waals surface area contributed by atoms with Crippen LogP contribution in [0.1, 0.15) is 17.3 Å². The third-order valence-electron chi connectivity index (χ3n) is 1.36. The molecule has 0 aliphatic carbocycles. The van der Waals surface area contributed by atoms with Crippen LogP contribution in [0, 0.1) is 0 Å². The van der Waals surface area contributed by atoms with Crippen molar-refractivity contribution in [3.05, 3.63) is 47.2 Å². The van der Waals surface area contributed by atoms with Crippen molar-refractivity contribution in [1.82, 2.24) is 0 Å². The summed E-state index contributed by atoms with van der Waals surface area (Å²) in [6, 6.07) is 6.71. The minimum Gasteiger partial charge on any atom is -0.428 e. The summed E-state index contributed by atoms with van der Waals surface area (Å²) in [5.41, 5.74) is 0.354. The highest BCUT2D eigenvalue weighted by Gasteiger charge is 2.10. The molecule has 0 atom stereocenters. The van der Waals surface area contributed by atoms with Crippen LogP contribution >= 0.6 is 11.6 Å². The average molecular weight is 197 g/mol. The Kier molecular flexibility index (Phi) is 3.09. The van der Waals surface area contributed by atoms with Crippen molar-refractivity contribution in [1.29, 1.82) is 0 Å². The number of carbonyl (C=O) groups is 1. The lowest BCUT2D eigenvalue weighted by Crippen LogP contribution is -2.03. The van der Waals surface area contributed by atoms with Gasteiger partial charge in [0.2, 0.25) is 0 Å². The molecule has 0 bridgehead atoms. The Labute approximate surface area is 81.8 Å². The van der Waals surface area contributed by atoms with E-state index in [4.69, 9.17) is 16.3 Å². The van der Waals surface area contributed by atoms with Crippen LogP contribution < -0.4 is 0 Å². The van der Waals surface area contributed by atoms with Crippen LogP contribution in [0.25, 0.3) is 0 Å². The van der Waals surface area contributed by atoms with Crippen molar-refractivity contribution in [3.63, 3.8) is 0 Å². The molecule has 0 unspecified atom stereocenters. The highest BCUT2D eigenvalue weighted by molar-refractivity contribution is 6.33. The van der Waals surface area contributed by atoms with Gasteiger partial charge in [0.25, 0.3) is 0 Å². The van der Waals surface area contributed by atoms with Crippen LogP contribution in [-0.2, 0) is 4.74 Å². The molecule has 0 aliphatic rings. The van der Waals surface area contributed by atoms with Gasteiger partial charge in [-0.25, -0.2) is 4.79 Å². The average Bonchev–Trinajstić information content (AvgIpc) is 2.03. The summed E-state index contributed by atoms with van der Waals surface area (Å²) in [5.74, 6) is -0.122. The van der Waals surface area contributed by atoms with Gasteiger partial charge >= 0.3 is 5.97 Å². The van der Waals surface area contributed by atoms with Gasteiger partial charge in [-0.05, 0) is 19.1 Å². The monoisotopic (exact) mass is 196 g/mol. The number of carbonyl (C=O) groups excluding carboxylic acids is 1. The summed E-state index contributed by atoms with van der Waals surface area (Å²) in [7, 11) is 0. The number of halogens is 1. The molecule has 68 valence electrons. The molecule has 13 heavy (non-hydrogen) atoms. The second-order valence-corrected chi connectivity index (χ2v) is 2.98. The normalized spacial score (nSPS) is 9.38. The number of hydrogen-bond acceptors (Lipinski definition) is 2. The summed E-state index contributed by atoms with van der Waals surface area (Å²) in [4.78, 5) is 11.3. The fraction of sp³-hybridized carbons (Fsp3) is 0.100. The molecule has 0 saturated carbocycles. The first-order chi connectivity index (χ1) is 6.11. The third-order valence-corrected chi connectivity index (χ3v) is 1.69. The summed E-state index contributed by atoms with van der Waals surface area (Å²) in [6.45, 7) is 5.07. The number of esters is 1. The molecule has 0 fully saturated rings. The molecule has 0 N–H and O–H groups in total. The Balaban J connectivity index is 2.89. The number of benzene rings is 1. The molecule has 0 heterocycles. The lowest BCUT2D eigenvalue weighted by atomic mass is 10.2. The maximum Gasteiger partial charge on any atom is 0.344 e. The molecule has 1 aromatic carbocycles. The zero-order chi connectivity index (χ0) is 9.84. The number of ether oxygens (including phenoxy) is 1. The highest BCUT2D eigenvalue weighted by Crippen LogP contribution is 2.16. The number of allylic oxidation sites excluding steroid dienone is 1. The van der Waals surface area contributed by atoms with Crippen LogP contribution in [0.15, 0.2) is 36.6 Å². The van der Waals surface area contributed by atoms with Crippen LogP contribution in [-0.4, -0.2) is 5.97 Å². The van der Waals surface area contributed by atoms with E-state index in [0.29, 0.717) is 16.3 Å². The van der Waals surface area contributed by atoms with Gasteiger partial charge < -0.3 is 4.74 Å². The van der Waals surface area contributed by atoms with Crippen molar-refractivity contribution < 1.29 is 9.53 Å². The largest absolute Gasteiger partial charge is 0.428 e. The Morgan fingerprint density at radius 3 is 2.62 bits per heavy atom. The standard InChI is InChI=1S/C10H9ClO2/c1-7(2)13-10(12)8-5-3-4-6-9(8)11/h3-6H,1H2,2H3. The first-order valence-electron chi connectivity index (χ1n) is 3.73. The predicted molar refractivity (Wildman–Crippen MR) is 51.7 cm³/mol. The van der Waals surface area contributed by atoms with Gasteiger partial charge in [0.05, 0.1) is 16.3 Å². The van der Waals surface area contributed by atoms with Crippen molar-refractivity contribution in [2.24, 2.45) is 0 Å². The van der Waals surface area contributed by atoms with Crippen molar-refractivity contribution in [2.45, 2.75) is 6.92 Å². The van der Waals surface area contributed by atoms with Crippen LogP contribution in [0.5, 0.6) is 0 Å². The first-order valence-corrected chi connectivity index (χ1v) is 4.11. The van der Waals surface area contributed by atoms with Gasteiger partial charge in [-0.1, -0.05) is 30.3 Å². The van der Waals surface area contributed by atoms with E-state index in [1.54, 1.807) is 31.2 Å². The molecule has 1 aromatic rings. The van der Waals surface area contributed by atoms with E-state index in [-0.39, 0.29) is 0 Å². The summed E-state index contributed by atoms with van der Waals surface area (Å²) in [6.07, 6.45) is 0. The maximum atomic E-state index is 11.3. The van der Waals surface area contributed by atoms with Crippen LogP contribution in [0.2, 0.25) is 5.02 Å². The second-order valence-electron chi connectivity index (χ2n) is 2.57. The van der Waals surface area contributed by atoms with E-state index < -0.39 is 5.97 Å². The van der Waals surface area contributed by atoms with E-state index in [9.17, 15) is 4.79 Å². The molecule has 0 amide bonds. The van der Waals surface area contributed by atoms with E-state index in [1.807, 2.05) is 0 Å². The van der Waals surface area contributed by atoms with Gasteiger partial charge in [0.15, 0.2) is 0 Å². The van der Waals surface area contributed by atoms with Gasteiger partial charge in [-0.15, -0.1) is 0 Å². The fourth-order valence-electron chi connectivity index (χ4n) is 0.840. The Morgan fingerprint density at radius 1 is 1.46 bits per heavy atom. The van der Waals surface area contributed by atoms with Crippen molar-refractivity contribution in [2.75, 3.05) is 0 Å². The van der Waals surface area contributed by atoms with Crippen LogP contribution in [0.3, 0.4) is 0 Å². The van der Waals surface area contributed by atoms with Gasteiger partial charge in [0, 0.05) is 0 Å². The molecule has 1 rings (SSSR count). The second kappa shape index (κ2) is 4.10. The zero-order valence-corrected chi connectivity index (χ0v) is 7.97.